The van der Waals surface area contributed by atoms with E-state index in [9.17, 15) is 13.2 Å². The number of halogens is 1. The number of nitrogens with zero attached hydrogens (tertiary/aromatic N) is 2. The van der Waals surface area contributed by atoms with Crippen molar-refractivity contribution in [3.63, 3.8) is 0 Å². The lowest BCUT2D eigenvalue weighted by Gasteiger charge is -2.33. The highest BCUT2D eigenvalue weighted by atomic mass is 35.5. The van der Waals surface area contributed by atoms with Gasteiger partial charge in [-0.25, -0.2) is 13.2 Å². The van der Waals surface area contributed by atoms with Gasteiger partial charge in [0.15, 0.2) is 0 Å². The molecule has 0 atom stereocenters. The second-order valence-corrected chi connectivity index (χ2v) is 8.16. The van der Waals surface area contributed by atoms with Crippen LogP contribution in [-0.2, 0) is 16.6 Å². The van der Waals surface area contributed by atoms with E-state index in [4.69, 9.17) is 11.6 Å². The zero-order chi connectivity index (χ0) is 17.6. The Morgan fingerprint density at radius 3 is 2.33 bits per heavy atom. The molecule has 7 nitrogen and oxygen atoms in total. The number of nitrogens with one attached hydrogen (secondary N) is 2. The molecular formula is C15H23ClN4O3S. The molecule has 1 aromatic rings. The lowest BCUT2D eigenvalue weighted by Crippen LogP contribution is -2.50. The smallest absolute Gasteiger partial charge is 0.315 e. The van der Waals surface area contributed by atoms with E-state index in [0.29, 0.717) is 50.8 Å². The normalized spacial score (nSPS) is 16.8. The molecule has 1 heterocycles. The predicted octanol–water partition coefficient (Wildman–Crippen LogP) is 0.716. The summed E-state index contributed by atoms with van der Waals surface area (Å²) in [5, 5.41) is 6.25. The first-order valence-corrected chi connectivity index (χ1v) is 10.0. The molecule has 2 amide bonds. The molecule has 0 bridgehead atoms. The van der Waals surface area contributed by atoms with Gasteiger partial charge in [-0.3, -0.25) is 4.90 Å². The standard InChI is InChI=1S/C15H23ClN4O3S/c1-24(22,23)20-10-8-19(9-11-20)7-6-17-15(21)18-12-13-2-4-14(16)5-3-13/h2-5H,6-12H2,1H3,(H2,17,18,21). The fraction of sp³-hybridized carbons (Fsp3) is 0.533. The zero-order valence-electron chi connectivity index (χ0n) is 13.7. The highest BCUT2D eigenvalue weighted by Crippen LogP contribution is 2.09. The molecule has 0 saturated carbocycles. The number of hydrogen-bond donors (Lipinski definition) is 2. The molecule has 9 heteroatoms. The minimum absolute atomic E-state index is 0.222. The molecule has 0 aliphatic carbocycles. The highest BCUT2D eigenvalue weighted by molar-refractivity contribution is 7.88. The molecule has 24 heavy (non-hydrogen) atoms. The molecule has 1 saturated heterocycles. The average molecular weight is 375 g/mol. The van der Waals surface area contributed by atoms with E-state index in [1.807, 2.05) is 12.1 Å². The van der Waals surface area contributed by atoms with Gasteiger partial charge >= 0.3 is 6.03 Å². The Balaban J connectivity index is 1.60. The Kier molecular flexibility index (Phi) is 6.85. The molecule has 2 N–H and O–H groups in total. The van der Waals surface area contributed by atoms with Crippen molar-refractivity contribution in [2.75, 3.05) is 45.5 Å². The Hall–Kier alpha value is -1.35. The Morgan fingerprint density at radius 2 is 1.75 bits per heavy atom. The summed E-state index contributed by atoms with van der Waals surface area (Å²) in [5.74, 6) is 0. The van der Waals surface area contributed by atoms with Crippen LogP contribution in [0.1, 0.15) is 5.56 Å². The number of rotatable bonds is 6. The SMILES string of the molecule is CS(=O)(=O)N1CCN(CCNC(=O)NCc2ccc(Cl)cc2)CC1. The minimum atomic E-state index is -3.10. The first-order valence-electron chi connectivity index (χ1n) is 7.78. The van der Waals surface area contributed by atoms with Crippen molar-refractivity contribution in [2.45, 2.75) is 6.54 Å². The van der Waals surface area contributed by atoms with E-state index in [-0.39, 0.29) is 6.03 Å². The second-order valence-electron chi connectivity index (χ2n) is 5.74. The van der Waals surface area contributed by atoms with E-state index < -0.39 is 10.0 Å². The third-order valence-electron chi connectivity index (χ3n) is 3.88. The number of piperazine rings is 1. The first kappa shape index (κ1) is 19.0. The fourth-order valence-corrected chi connectivity index (χ4v) is 3.41. The number of benzene rings is 1. The van der Waals surface area contributed by atoms with Crippen LogP contribution in [0.3, 0.4) is 0 Å². The Bertz CT molecular complexity index is 643. The van der Waals surface area contributed by atoms with Crippen molar-refractivity contribution >= 4 is 27.7 Å². The van der Waals surface area contributed by atoms with Gasteiger partial charge in [-0.05, 0) is 17.7 Å². The van der Waals surface area contributed by atoms with Gasteiger partial charge in [-0.1, -0.05) is 23.7 Å². The summed E-state index contributed by atoms with van der Waals surface area (Å²) in [5.41, 5.74) is 0.978. The summed E-state index contributed by atoms with van der Waals surface area (Å²) in [7, 11) is -3.10. The van der Waals surface area contributed by atoms with Crippen LogP contribution in [0.25, 0.3) is 0 Å². The van der Waals surface area contributed by atoms with Crippen molar-refractivity contribution in [3.8, 4) is 0 Å². The van der Waals surface area contributed by atoms with Crippen LogP contribution in [0.4, 0.5) is 4.79 Å². The van der Waals surface area contributed by atoms with E-state index in [1.165, 1.54) is 10.6 Å². The molecule has 0 spiro atoms. The molecule has 2 rings (SSSR count). The number of carbonyl (C=O) groups excluding carboxylic acids is 1. The zero-order valence-corrected chi connectivity index (χ0v) is 15.2. The maximum Gasteiger partial charge on any atom is 0.315 e. The monoisotopic (exact) mass is 374 g/mol. The van der Waals surface area contributed by atoms with E-state index in [2.05, 4.69) is 15.5 Å². The summed E-state index contributed by atoms with van der Waals surface area (Å²) in [6.45, 7) is 4.03. The largest absolute Gasteiger partial charge is 0.337 e. The molecule has 1 aliphatic rings. The fourth-order valence-electron chi connectivity index (χ4n) is 2.46. The van der Waals surface area contributed by atoms with Gasteiger partial charge in [0.2, 0.25) is 10.0 Å². The molecule has 1 fully saturated rings. The predicted molar refractivity (Wildman–Crippen MR) is 94.5 cm³/mol. The van der Waals surface area contributed by atoms with E-state index in [1.54, 1.807) is 12.1 Å². The van der Waals surface area contributed by atoms with Crippen LogP contribution in [0.2, 0.25) is 5.02 Å². The van der Waals surface area contributed by atoms with Gasteiger partial charge in [-0.15, -0.1) is 0 Å². The van der Waals surface area contributed by atoms with Crippen LogP contribution in [-0.4, -0.2) is 69.2 Å². The molecule has 1 aliphatic heterocycles. The second kappa shape index (κ2) is 8.66. The Labute approximate surface area is 148 Å². The van der Waals surface area contributed by atoms with Gasteiger partial charge in [0.1, 0.15) is 0 Å². The van der Waals surface area contributed by atoms with Crippen LogP contribution in [0.5, 0.6) is 0 Å². The molecule has 0 radical (unpaired) electrons. The number of amides is 2. The molecule has 0 aromatic heterocycles. The first-order chi connectivity index (χ1) is 11.3. The molecule has 134 valence electrons. The summed E-state index contributed by atoms with van der Waals surface area (Å²) in [6, 6.07) is 7.08. The summed E-state index contributed by atoms with van der Waals surface area (Å²) < 4.78 is 24.4. The number of urea groups is 1. The minimum Gasteiger partial charge on any atom is -0.337 e. The van der Waals surface area contributed by atoms with Gasteiger partial charge < -0.3 is 10.6 Å². The third kappa shape index (κ3) is 6.27. The third-order valence-corrected chi connectivity index (χ3v) is 5.44. The van der Waals surface area contributed by atoms with Gasteiger partial charge in [0.25, 0.3) is 0 Å². The molecular weight excluding hydrogens is 352 g/mol. The van der Waals surface area contributed by atoms with Crippen LogP contribution < -0.4 is 10.6 Å². The van der Waals surface area contributed by atoms with Crippen molar-refractivity contribution < 1.29 is 13.2 Å². The molecule has 1 aromatic carbocycles. The van der Waals surface area contributed by atoms with Crippen LogP contribution in [0.15, 0.2) is 24.3 Å². The van der Waals surface area contributed by atoms with Crippen molar-refractivity contribution in [1.82, 2.24) is 19.8 Å². The van der Waals surface area contributed by atoms with Gasteiger partial charge in [0.05, 0.1) is 6.26 Å². The van der Waals surface area contributed by atoms with E-state index in [0.717, 1.165) is 5.56 Å². The quantitative estimate of drug-likeness (QED) is 0.768. The number of carbonyl (C=O) groups is 1. The van der Waals surface area contributed by atoms with Gasteiger partial charge in [0, 0.05) is 50.8 Å². The lowest BCUT2D eigenvalue weighted by atomic mass is 10.2. The maximum atomic E-state index is 11.8. The highest BCUT2D eigenvalue weighted by Gasteiger charge is 2.22. The van der Waals surface area contributed by atoms with E-state index >= 15 is 0 Å². The molecule has 0 unspecified atom stereocenters. The maximum absolute atomic E-state index is 11.8. The lowest BCUT2D eigenvalue weighted by molar-refractivity contribution is 0.188. The van der Waals surface area contributed by atoms with Crippen LogP contribution >= 0.6 is 11.6 Å². The number of sulfonamides is 1. The summed E-state index contributed by atoms with van der Waals surface area (Å²) in [6.07, 6.45) is 1.23. The summed E-state index contributed by atoms with van der Waals surface area (Å²) in [4.78, 5) is 13.9. The van der Waals surface area contributed by atoms with Crippen molar-refractivity contribution in [1.29, 1.82) is 0 Å². The van der Waals surface area contributed by atoms with Crippen molar-refractivity contribution in [3.05, 3.63) is 34.9 Å². The topological polar surface area (TPSA) is 81.8 Å². The Morgan fingerprint density at radius 1 is 1.12 bits per heavy atom. The average Bonchev–Trinajstić information content (AvgIpc) is 2.54. The summed E-state index contributed by atoms with van der Waals surface area (Å²) >= 11 is 5.81. The number of hydrogen-bond acceptors (Lipinski definition) is 4. The van der Waals surface area contributed by atoms with Gasteiger partial charge in [-0.2, -0.15) is 4.31 Å². The van der Waals surface area contributed by atoms with Crippen LogP contribution in [0, 0.1) is 0 Å². The van der Waals surface area contributed by atoms with Crippen molar-refractivity contribution in [2.24, 2.45) is 0 Å².